The van der Waals surface area contributed by atoms with E-state index in [0.29, 0.717) is 11.7 Å². The Morgan fingerprint density at radius 2 is 2.12 bits per heavy atom. The predicted octanol–water partition coefficient (Wildman–Crippen LogP) is 0.114. The Kier molecular flexibility index (Phi) is 4.41. The average Bonchev–Trinajstić information content (AvgIpc) is 2.82. The Balaban J connectivity index is 1.72. The first kappa shape index (κ1) is 12.4. The number of hydrogen-bond donors (Lipinski definition) is 1. The minimum atomic E-state index is -0.00769. The highest BCUT2D eigenvalue weighted by atomic mass is 32.1. The largest absolute Gasteiger partial charge is 0.301 e. The van der Waals surface area contributed by atoms with E-state index in [-0.39, 0.29) is 5.91 Å². The van der Waals surface area contributed by atoms with Crippen LogP contribution in [0.5, 0.6) is 0 Å². The van der Waals surface area contributed by atoms with E-state index in [9.17, 15) is 4.79 Å². The molecule has 0 atom stereocenters. The average molecular weight is 255 g/mol. The number of carbonyl (C=O) groups is 1. The first-order valence-electron chi connectivity index (χ1n) is 5.78. The summed E-state index contributed by atoms with van der Waals surface area (Å²) in [6, 6.07) is 0. The van der Waals surface area contributed by atoms with E-state index in [4.69, 9.17) is 0 Å². The Labute approximate surface area is 105 Å². The molecule has 1 aliphatic rings. The molecule has 0 unspecified atom stereocenters. The second kappa shape index (κ2) is 6.04. The van der Waals surface area contributed by atoms with Crippen molar-refractivity contribution in [3.05, 3.63) is 5.51 Å². The third-order valence-corrected chi connectivity index (χ3v) is 3.49. The molecule has 17 heavy (non-hydrogen) atoms. The third kappa shape index (κ3) is 3.72. The Morgan fingerprint density at radius 1 is 1.41 bits per heavy atom. The summed E-state index contributed by atoms with van der Waals surface area (Å²) in [4.78, 5) is 16.3. The Hall–Kier alpha value is -1.05. The van der Waals surface area contributed by atoms with Gasteiger partial charge in [-0.3, -0.25) is 15.0 Å². The minimum absolute atomic E-state index is 0.00769. The minimum Gasteiger partial charge on any atom is -0.301 e. The third-order valence-electron chi connectivity index (χ3n) is 2.89. The van der Waals surface area contributed by atoms with Crippen molar-refractivity contribution >= 4 is 22.4 Å². The van der Waals surface area contributed by atoms with E-state index in [0.717, 1.165) is 32.7 Å². The van der Waals surface area contributed by atoms with Crippen LogP contribution in [0.4, 0.5) is 5.13 Å². The highest BCUT2D eigenvalue weighted by Gasteiger charge is 2.18. The predicted molar refractivity (Wildman–Crippen MR) is 67.1 cm³/mol. The zero-order valence-corrected chi connectivity index (χ0v) is 10.7. The summed E-state index contributed by atoms with van der Waals surface area (Å²) in [5, 5.41) is 10.8. The van der Waals surface area contributed by atoms with Gasteiger partial charge in [-0.1, -0.05) is 18.3 Å². The van der Waals surface area contributed by atoms with Crippen LogP contribution in [0.15, 0.2) is 5.51 Å². The zero-order chi connectivity index (χ0) is 12.1. The molecule has 1 aliphatic heterocycles. The van der Waals surface area contributed by atoms with E-state index in [2.05, 4.69) is 32.2 Å². The molecule has 0 spiro atoms. The zero-order valence-electron chi connectivity index (χ0n) is 9.93. The molecule has 1 amide bonds. The van der Waals surface area contributed by atoms with Gasteiger partial charge in [0, 0.05) is 26.2 Å². The number of nitrogens with zero attached hydrogens (tertiary/aromatic N) is 4. The molecule has 1 aromatic heterocycles. The molecular weight excluding hydrogens is 238 g/mol. The number of likely N-dealkylation sites (N-methyl/N-ethyl adjacent to an activating group) is 1. The SMILES string of the molecule is CCN1CCN(CC(=O)Nc2nncs2)CC1. The molecule has 0 saturated carbocycles. The van der Waals surface area contributed by atoms with Gasteiger partial charge in [0.1, 0.15) is 5.51 Å². The molecule has 2 heterocycles. The molecule has 0 aliphatic carbocycles. The summed E-state index contributed by atoms with van der Waals surface area (Å²) in [5.74, 6) is -0.00769. The van der Waals surface area contributed by atoms with Gasteiger partial charge in [-0.2, -0.15) is 0 Å². The van der Waals surface area contributed by atoms with Crippen molar-refractivity contribution < 1.29 is 4.79 Å². The quantitative estimate of drug-likeness (QED) is 0.827. The van der Waals surface area contributed by atoms with Crippen LogP contribution in [0.1, 0.15) is 6.92 Å². The molecule has 0 bridgehead atoms. The van der Waals surface area contributed by atoms with Crippen molar-refractivity contribution in [2.45, 2.75) is 6.92 Å². The molecule has 1 aromatic rings. The van der Waals surface area contributed by atoms with E-state index >= 15 is 0 Å². The summed E-state index contributed by atoms with van der Waals surface area (Å²) >= 11 is 1.34. The maximum atomic E-state index is 11.7. The maximum Gasteiger partial charge on any atom is 0.240 e. The summed E-state index contributed by atoms with van der Waals surface area (Å²) in [7, 11) is 0. The van der Waals surface area contributed by atoms with Crippen LogP contribution in [-0.2, 0) is 4.79 Å². The van der Waals surface area contributed by atoms with Crippen molar-refractivity contribution in [2.75, 3.05) is 44.6 Å². The number of carbonyl (C=O) groups excluding carboxylic acids is 1. The standard InChI is InChI=1S/C10H17N5OS/c1-2-14-3-5-15(6-4-14)7-9(16)12-10-13-11-8-17-10/h8H,2-7H2,1H3,(H,12,13,16). The number of nitrogens with one attached hydrogen (secondary N) is 1. The van der Waals surface area contributed by atoms with Crippen LogP contribution >= 0.6 is 11.3 Å². The van der Waals surface area contributed by atoms with Gasteiger partial charge in [0.2, 0.25) is 11.0 Å². The number of amides is 1. The van der Waals surface area contributed by atoms with E-state index in [1.807, 2.05) is 0 Å². The van der Waals surface area contributed by atoms with E-state index in [1.54, 1.807) is 5.51 Å². The number of piperazine rings is 1. The fourth-order valence-electron chi connectivity index (χ4n) is 1.85. The monoisotopic (exact) mass is 255 g/mol. The van der Waals surface area contributed by atoms with Crippen LogP contribution in [0.3, 0.4) is 0 Å². The van der Waals surface area contributed by atoms with Gasteiger partial charge in [0.15, 0.2) is 0 Å². The van der Waals surface area contributed by atoms with Crippen molar-refractivity contribution in [1.82, 2.24) is 20.0 Å². The maximum absolute atomic E-state index is 11.7. The molecule has 1 N–H and O–H groups in total. The summed E-state index contributed by atoms with van der Waals surface area (Å²) in [6.07, 6.45) is 0. The molecular formula is C10H17N5OS. The highest BCUT2D eigenvalue weighted by Crippen LogP contribution is 2.08. The summed E-state index contributed by atoms with van der Waals surface area (Å²) in [6.45, 7) is 7.69. The number of aromatic nitrogens is 2. The number of hydrogen-bond acceptors (Lipinski definition) is 6. The Morgan fingerprint density at radius 3 is 2.71 bits per heavy atom. The molecule has 0 radical (unpaired) electrons. The fourth-order valence-corrected chi connectivity index (χ4v) is 2.31. The molecule has 1 fully saturated rings. The van der Waals surface area contributed by atoms with Crippen LogP contribution in [0.25, 0.3) is 0 Å². The first-order valence-corrected chi connectivity index (χ1v) is 6.66. The normalized spacial score (nSPS) is 18.2. The lowest BCUT2D eigenvalue weighted by Crippen LogP contribution is -2.48. The fraction of sp³-hybridized carbons (Fsp3) is 0.700. The van der Waals surface area contributed by atoms with Crippen molar-refractivity contribution in [1.29, 1.82) is 0 Å². The lowest BCUT2D eigenvalue weighted by molar-refractivity contribution is -0.117. The van der Waals surface area contributed by atoms with Crippen LogP contribution in [0.2, 0.25) is 0 Å². The van der Waals surface area contributed by atoms with Crippen LogP contribution < -0.4 is 5.32 Å². The van der Waals surface area contributed by atoms with Gasteiger partial charge in [-0.15, -0.1) is 10.2 Å². The lowest BCUT2D eigenvalue weighted by Gasteiger charge is -2.33. The molecule has 2 rings (SSSR count). The lowest BCUT2D eigenvalue weighted by atomic mass is 10.3. The van der Waals surface area contributed by atoms with Gasteiger partial charge in [-0.25, -0.2) is 0 Å². The van der Waals surface area contributed by atoms with Crippen molar-refractivity contribution in [3.8, 4) is 0 Å². The summed E-state index contributed by atoms with van der Waals surface area (Å²) < 4.78 is 0. The van der Waals surface area contributed by atoms with E-state index in [1.165, 1.54) is 11.3 Å². The second-order valence-corrected chi connectivity index (χ2v) is 4.84. The van der Waals surface area contributed by atoms with Gasteiger partial charge < -0.3 is 4.90 Å². The molecule has 0 aromatic carbocycles. The van der Waals surface area contributed by atoms with Crippen molar-refractivity contribution in [2.24, 2.45) is 0 Å². The van der Waals surface area contributed by atoms with Gasteiger partial charge in [0.05, 0.1) is 6.54 Å². The van der Waals surface area contributed by atoms with Gasteiger partial charge in [0.25, 0.3) is 0 Å². The Bertz CT molecular complexity index is 348. The van der Waals surface area contributed by atoms with Crippen LogP contribution in [0, 0.1) is 0 Å². The van der Waals surface area contributed by atoms with Gasteiger partial charge in [-0.05, 0) is 6.54 Å². The highest BCUT2D eigenvalue weighted by molar-refractivity contribution is 7.13. The topological polar surface area (TPSA) is 61.4 Å². The summed E-state index contributed by atoms with van der Waals surface area (Å²) in [5.41, 5.74) is 1.61. The molecule has 6 nitrogen and oxygen atoms in total. The first-order chi connectivity index (χ1) is 8.28. The van der Waals surface area contributed by atoms with Gasteiger partial charge >= 0.3 is 0 Å². The number of rotatable bonds is 4. The smallest absolute Gasteiger partial charge is 0.240 e. The molecule has 7 heteroatoms. The van der Waals surface area contributed by atoms with E-state index < -0.39 is 0 Å². The van der Waals surface area contributed by atoms with Crippen LogP contribution in [-0.4, -0.2) is 65.2 Å². The molecule has 94 valence electrons. The number of anilines is 1. The van der Waals surface area contributed by atoms with Crippen molar-refractivity contribution in [3.63, 3.8) is 0 Å². The second-order valence-electron chi connectivity index (χ2n) is 4.00. The molecule has 1 saturated heterocycles.